The first-order valence-electron chi connectivity index (χ1n) is 4.46. The van der Waals surface area contributed by atoms with Crippen molar-refractivity contribution in [2.75, 3.05) is 17.9 Å². The van der Waals surface area contributed by atoms with Gasteiger partial charge in [-0.2, -0.15) is 11.8 Å². The molecule has 0 saturated carbocycles. The fourth-order valence-electron chi connectivity index (χ4n) is 0.857. The summed E-state index contributed by atoms with van der Waals surface area (Å²) >= 11 is 7.40. The van der Waals surface area contributed by atoms with Crippen molar-refractivity contribution >= 4 is 29.3 Å². The van der Waals surface area contributed by atoms with Crippen LogP contribution in [0.2, 0.25) is 0 Å². The Balaban J connectivity index is 3.73. The van der Waals surface area contributed by atoms with Crippen molar-refractivity contribution in [2.45, 2.75) is 26.3 Å². The molecule has 0 heterocycles. The Kier molecular flexibility index (Phi) is 7.57. The Bertz CT molecular complexity index is 153. The van der Waals surface area contributed by atoms with Gasteiger partial charge in [0.25, 0.3) is 0 Å². The van der Waals surface area contributed by atoms with Gasteiger partial charge in [-0.25, -0.2) is 0 Å². The number of hydrogen-bond donors (Lipinski definition) is 1. The summed E-state index contributed by atoms with van der Waals surface area (Å²) in [6.07, 6.45) is 2.58. The summed E-state index contributed by atoms with van der Waals surface area (Å²) in [4.78, 5) is 11.3. The smallest absolute Gasteiger partial charge is 0.221 e. The molecule has 0 aromatic heterocycles. The average molecular weight is 224 g/mol. The highest BCUT2D eigenvalue weighted by atomic mass is 35.5. The van der Waals surface area contributed by atoms with Gasteiger partial charge in [0.1, 0.15) is 0 Å². The van der Waals surface area contributed by atoms with E-state index >= 15 is 0 Å². The van der Waals surface area contributed by atoms with Crippen LogP contribution in [0.1, 0.15) is 20.3 Å². The lowest BCUT2D eigenvalue weighted by Gasteiger charge is -2.19. The van der Waals surface area contributed by atoms with E-state index in [1.54, 1.807) is 11.8 Å². The van der Waals surface area contributed by atoms with Gasteiger partial charge in [-0.15, -0.1) is 11.6 Å². The van der Waals surface area contributed by atoms with E-state index in [4.69, 9.17) is 11.6 Å². The van der Waals surface area contributed by atoms with Crippen LogP contribution in [0.15, 0.2) is 0 Å². The molecule has 13 heavy (non-hydrogen) atoms. The van der Waals surface area contributed by atoms with Crippen molar-refractivity contribution in [3.8, 4) is 0 Å². The van der Waals surface area contributed by atoms with Gasteiger partial charge in [-0.3, -0.25) is 4.79 Å². The zero-order valence-corrected chi connectivity index (χ0v) is 10.0. The number of thioether (sulfide) groups is 1. The predicted molar refractivity (Wildman–Crippen MR) is 60.5 cm³/mol. The first-order valence-corrected chi connectivity index (χ1v) is 6.39. The first kappa shape index (κ1) is 13.1. The van der Waals surface area contributed by atoms with E-state index in [1.807, 2.05) is 6.26 Å². The van der Waals surface area contributed by atoms with Gasteiger partial charge in [-0.1, -0.05) is 13.8 Å². The molecule has 1 N–H and O–H groups in total. The van der Waals surface area contributed by atoms with Crippen molar-refractivity contribution in [3.63, 3.8) is 0 Å². The fourth-order valence-corrected chi connectivity index (χ4v) is 1.68. The minimum atomic E-state index is 0.105. The highest BCUT2D eigenvalue weighted by molar-refractivity contribution is 7.98. The number of halogens is 1. The highest BCUT2D eigenvalue weighted by Gasteiger charge is 2.14. The number of nitrogens with one attached hydrogen (secondary N) is 1. The lowest BCUT2D eigenvalue weighted by molar-refractivity contribution is -0.121. The van der Waals surface area contributed by atoms with Gasteiger partial charge in [-0.05, 0) is 12.2 Å². The van der Waals surface area contributed by atoms with Crippen LogP contribution < -0.4 is 5.32 Å². The Morgan fingerprint density at radius 1 is 1.54 bits per heavy atom. The molecule has 0 rings (SSSR count). The highest BCUT2D eigenvalue weighted by Crippen LogP contribution is 2.04. The van der Waals surface area contributed by atoms with Crippen LogP contribution in [0.4, 0.5) is 0 Å². The van der Waals surface area contributed by atoms with Crippen molar-refractivity contribution in [1.82, 2.24) is 5.32 Å². The largest absolute Gasteiger partial charge is 0.352 e. The average Bonchev–Trinajstić information content (AvgIpc) is 2.10. The molecule has 78 valence electrons. The van der Waals surface area contributed by atoms with Crippen molar-refractivity contribution in [2.24, 2.45) is 5.92 Å². The van der Waals surface area contributed by atoms with Crippen LogP contribution >= 0.6 is 23.4 Å². The van der Waals surface area contributed by atoms with Crippen molar-refractivity contribution < 1.29 is 4.79 Å². The molecule has 0 aromatic carbocycles. The molecule has 0 aliphatic carbocycles. The fraction of sp³-hybridized carbons (Fsp3) is 0.889. The van der Waals surface area contributed by atoms with Crippen molar-refractivity contribution in [3.05, 3.63) is 0 Å². The monoisotopic (exact) mass is 223 g/mol. The third-order valence-corrected chi connectivity index (χ3v) is 2.80. The Morgan fingerprint density at radius 3 is 2.54 bits per heavy atom. The summed E-state index contributed by atoms with van der Waals surface area (Å²) in [5.74, 6) is 1.87. The number of rotatable bonds is 6. The Labute approximate surface area is 89.8 Å². The van der Waals surface area contributed by atoms with Gasteiger partial charge in [0, 0.05) is 24.1 Å². The number of carbonyl (C=O) groups excluding carboxylic acids is 1. The van der Waals surface area contributed by atoms with Crippen LogP contribution in [-0.4, -0.2) is 29.8 Å². The van der Waals surface area contributed by atoms with Gasteiger partial charge >= 0.3 is 0 Å². The lowest BCUT2D eigenvalue weighted by Crippen LogP contribution is -2.39. The van der Waals surface area contributed by atoms with Gasteiger partial charge in [0.05, 0.1) is 0 Å². The molecule has 2 nitrogen and oxygen atoms in total. The zero-order valence-electron chi connectivity index (χ0n) is 8.47. The molecular weight excluding hydrogens is 206 g/mol. The van der Waals surface area contributed by atoms with Crippen molar-refractivity contribution in [1.29, 1.82) is 0 Å². The summed E-state index contributed by atoms with van der Waals surface area (Å²) in [7, 11) is 0. The van der Waals surface area contributed by atoms with Gasteiger partial charge < -0.3 is 5.32 Å². The van der Waals surface area contributed by atoms with E-state index in [-0.39, 0.29) is 11.9 Å². The maximum atomic E-state index is 11.3. The summed E-state index contributed by atoms with van der Waals surface area (Å²) in [6, 6.07) is 0.107. The van der Waals surface area contributed by atoms with Gasteiger partial charge in [0.2, 0.25) is 5.91 Å². The van der Waals surface area contributed by atoms with E-state index in [9.17, 15) is 4.79 Å². The Morgan fingerprint density at radius 2 is 2.15 bits per heavy atom. The second-order valence-corrected chi connectivity index (χ2v) is 4.61. The molecule has 4 heteroatoms. The molecule has 0 fully saturated rings. The normalized spacial score (nSPS) is 13.0. The molecule has 1 atom stereocenters. The maximum Gasteiger partial charge on any atom is 0.221 e. The van der Waals surface area contributed by atoms with Crippen LogP contribution in [0.5, 0.6) is 0 Å². The molecular formula is C9H18ClNOS. The van der Waals surface area contributed by atoms with E-state index in [0.717, 1.165) is 5.75 Å². The minimum Gasteiger partial charge on any atom is -0.352 e. The number of amides is 1. The number of carbonyl (C=O) groups is 1. The molecule has 0 aliphatic heterocycles. The van der Waals surface area contributed by atoms with E-state index in [1.165, 1.54) is 0 Å². The second kappa shape index (κ2) is 7.51. The van der Waals surface area contributed by atoms with Gasteiger partial charge in [0.15, 0.2) is 0 Å². The Hall–Kier alpha value is 0.110. The molecule has 1 amide bonds. The molecule has 0 aromatic rings. The summed E-state index contributed by atoms with van der Waals surface area (Å²) in [5.41, 5.74) is 0. The summed E-state index contributed by atoms with van der Waals surface area (Å²) in [5, 5.41) is 2.92. The van der Waals surface area contributed by atoms with Crippen LogP contribution in [-0.2, 0) is 4.79 Å². The minimum absolute atomic E-state index is 0.105. The third-order valence-electron chi connectivity index (χ3n) is 1.85. The van der Waals surface area contributed by atoms with E-state index in [0.29, 0.717) is 18.2 Å². The topological polar surface area (TPSA) is 29.1 Å². The van der Waals surface area contributed by atoms with E-state index < -0.39 is 0 Å². The summed E-state index contributed by atoms with van der Waals surface area (Å²) in [6.45, 7) is 4.11. The lowest BCUT2D eigenvalue weighted by atomic mass is 10.1. The molecule has 0 radical (unpaired) electrons. The SMILES string of the molecule is CSCCC(=O)NC(CCl)C(C)C. The first-order chi connectivity index (χ1) is 6.11. The number of alkyl halides is 1. The van der Waals surface area contributed by atoms with Crippen LogP contribution in [0, 0.1) is 5.92 Å². The molecule has 0 saturated heterocycles. The standard InChI is InChI=1S/C9H18ClNOS/c1-7(2)8(6-10)11-9(12)4-5-13-3/h7-8H,4-6H2,1-3H3,(H,11,12). The summed E-state index contributed by atoms with van der Waals surface area (Å²) < 4.78 is 0. The number of hydrogen-bond acceptors (Lipinski definition) is 2. The molecule has 0 spiro atoms. The maximum absolute atomic E-state index is 11.3. The molecule has 0 aliphatic rings. The molecule has 1 unspecified atom stereocenters. The van der Waals surface area contributed by atoms with E-state index in [2.05, 4.69) is 19.2 Å². The predicted octanol–water partition coefficient (Wildman–Crippen LogP) is 2.12. The van der Waals surface area contributed by atoms with Crippen LogP contribution in [0.25, 0.3) is 0 Å². The zero-order chi connectivity index (χ0) is 10.3. The van der Waals surface area contributed by atoms with Crippen LogP contribution in [0.3, 0.4) is 0 Å². The third kappa shape index (κ3) is 6.22. The second-order valence-electron chi connectivity index (χ2n) is 3.32. The quantitative estimate of drug-likeness (QED) is 0.699. The molecule has 0 bridgehead atoms.